The van der Waals surface area contributed by atoms with Gasteiger partial charge in [0, 0.05) is 28.7 Å². The second-order valence-electron chi connectivity index (χ2n) is 6.03. The molecule has 21 heavy (non-hydrogen) atoms. The number of hydrogen-bond acceptors (Lipinski definition) is 2. The summed E-state index contributed by atoms with van der Waals surface area (Å²) in [5.74, 6) is 0.163. The van der Waals surface area contributed by atoms with E-state index in [1.165, 1.54) is 24.1 Å². The molecule has 3 nitrogen and oxygen atoms in total. The first-order chi connectivity index (χ1) is 10.1. The standard InChI is InChI=1S/C18H22N2O/c1-12-4-6-15(7-5-12)19-11-18(21)17-10-13(2)20(14(17)3)16-8-9-16/h4-7,10,16,19H,8-9,11H2,1-3H3. The molecule has 0 unspecified atom stereocenters. The largest absolute Gasteiger partial charge is 0.378 e. The smallest absolute Gasteiger partial charge is 0.183 e. The lowest BCUT2D eigenvalue weighted by atomic mass is 10.1. The monoisotopic (exact) mass is 282 g/mol. The van der Waals surface area contributed by atoms with E-state index in [0.717, 1.165) is 16.9 Å². The molecule has 1 aromatic heterocycles. The fourth-order valence-electron chi connectivity index (χ4n) is 2.90. The molecule has 1 aliphatic rings. The summed E-state index contributed by atoms with van der Waals surface area (Å²) in [6, 6.07) is 10.8. The summed E-state index contributed by atoms with van der Waals surface area (Å²) in [6.45, 7) is 6.56. The maximum absolute atomic E-state index is 12.4. The summed E-state index contributed by atoms with van der Waals surface area (Å²) >= 11 is 0. The molecule has 0 amide bonds. The number of hydrogen-bond donors (Lipinski definition) is 1. The highest BCUT2D eigenvalue weighted by Gasteiger charge is 2.28. The Labute approximate surface area is 126 Å². The van der Waals surface area contributed by atoms with E-state index in [2.05, 4.69) is 30.7 Å². The van der Waals surface area contributed by atoms with Crippen molar-refractivity contribution in [1.82, 2.24) is 4.57 Å². The highest BCUT2D eigenvalue weighted by Crippen LogP contribution is 2.38. The van der Waals surface area contributed by atoms with Crippen LogP contribution in [-0.2, 0) is 0 Å². The van der Waals surface area contributed by atoms with Gasteiger partial charge in [-0.15, -0.1) is 0 Å². The van der Waals surface area contributed by atoms with Crippen LogP contribution >= 0.6 is 0 Å². The van der Waals surface area contributed by atoms with Crippen molar-refractivity contribution in [3.8, 4) is 0 Å². The average Bonchev–Trinajstić information content (AvgIpc) is 3.24. The Morgan fingerprint density at radius 3 is 2.48 bits per heavy atom. The van der Waals surface area contributed by atoms with Crippen LogP contribution in [-0.4, -0.2) is 16.9 Å². The van der Waals surface area contributed by atoms with Crippen molar-refractivity contribution in [2.24, 2.45) is 0 Å². The van der Waals surface area contributed by atoms with Crippen molar-refractivity contribution in [2.75, 3.05) is 11.9 Å². The number of aromatic nitrogens is 1. The molecule has 1 aromatic carbocycles. The molecule has 0 spiro atoms. The number of carbonyl (C=O) groups is 1. The van der Waals surface area contributed by atoms with Crippen molar-refractivity contribution in [2.45, 2.75) is 39.7 Å². The van der Waals surface area contributed by atoms with Crippen molar-refractivity contribution < 1.29 is 4.79 Å². The zero-order valence-corrected chi connectivity index (χ0v) is 12.9. The third kappa shape index (κ3) is 2.87. The van der Waals surface area contributed by atoms with Gasteiger partial charge < -0.3 is 9.88 Å². The molecule has 110 valence electrons. The van der Waals surface area contributed by atoms with Crippen LogP contribution in [0.3, 0.4) is 0 Å². The summed E-state index contributed by atoms with van der Waals surface area (Å²) in [4.78, 5) is 12.4. The Morgan fingerprint density at radius 1 is 1.19 bits per heavy atom. The zero-order chi connectivity index (χ0) is 15.0. The number of anilines is 1. The number of Topliss-reactive ketones (excluding diaryl/α,β-unsaturated/α-hetero) is 1. The van der Waals surface area contributed by atoms with E-state index >= 15 is 0 Å². The number of aryl methyl sites for hydroxylation is 2. The lowest BCUT2D eigenvalue weighted by Crippen LogP contribution is -2.15. The van der Waals surface area contributed by atoms with E-state index in [-0.39, 0.29) is 5.78 Å². The number of benzene rings is 1. The van der Waals surface area contributed by atoms with Crippen molar-refractivity contribution in [3.63, 3.8) is 0 Å². The van der Waals surface area contributed by atoms with Gasteiger partial charge in [0.1, 0.15) is 0 Å². The van der Waals surface area contributed by atoms with Crippen LogP contribution in [0.4, 0.5) is 5.69 Å². The van der Waals surface area contributed by atoms with Crippen molar-refractivity contribution in [3.05, 3.63) is 52.8 Å². The van der Waals surface area contributed by atoms with Crippen LogP contribution in [0.25, 0.3) is 0 Å². The van der Waals surface area contributed by atoms with Crippen LogP contribution in [0.1, 0.15) is 46.2 Å². The van der Waals surface area contributed by atoms with E-state index in [1.807, 2.05) is 30.3 Å². The van der Waals surface area contributed by atoms with Gasteiger partial charge in [0.15, 0.2) is 5.78 Å². The van der Waals surface area contributed by atoms with Gasteiger partial charge in [0.25, 0.3) is 0 Å². The molecule has 1 N–H and O–H groups in total. The highest BCUT2D eigenvalue weighted by molar-refractivity contribution is 6.00. The van der Waals surface area contributed by atoms with Gasteiger partial charge in [-0.3, -0.25) is 4.79 Å². The topological polar surface area (TPSA) is 34.0 Å². The minimum absolute atomic E-state index is 0.163. The first-order valence-electron chi connectivity index (χ1n) is 7.58. The summed E-state index contributed by atoms with van der Waals surface area (Å²) in [5.41, 5.74) is 5.39. The second kappa shape index (κ2) is 5.40. The lowest BCUT2D eigenvalue weighted by Gasteiger charge is -2.08. The van der Waals surface area contributed by atoms with Crippen molar-refractivity contribution >= 4 is 11.5 Å². The molecule has 1 fully saturated rings. The Kier molecular flexibility index (Phi) is 3.58. The average molecular weight is 282 g/mol. The van der Waals surface area contributed by atoms with E-state index in [1.54, 1.807) is 0 Å². The van der Waals surface area contributed by atoms with Crippen LogP contribution in [0, 0.1) is 20.8 Å². The third-order valence-corrected chi connectivity index (χ3v) is 4.20. The molecule has 1 saturated carbocycles. The van der Waals surface area contributed by atoms with Crippen LogP contribution in [0.5, 0.6) is 0 Å². The number of nitrogens with one attached hydrogen (secondary N) is 1. The molecule has 3 rings (SSSR count). The quantitative estimate of drug-likeness (QED) is 0.840. The summed E-state index contributed by atoms with van der Waals surface area (Å²) < 4.78 is 2.32. The zero-order valence-electron chi connectivity index (χ0n) is 12.9. The molecule has 0 aliphatic heterocycles. The number of ketones is 1. The second-order valence-corrected chi connectivity index (χ2v) is 6.03. The predicted molar refractivity (Wildman–Crippen MR) is 86.2 cm³/mol. The maximum atomic E-state index is 12.4. The molecule has 2 aromatic rings. The van der Waals surface area contributed by atoms with E-state index in [4.69, 9.17) is 0 Å². The van der Waals surface area contributed by atoms with Gasteiger partial charge >= 0.3 is 0 Å². The lowest BCUT2D eigenvalue weighted by molar-refractivity contribution is 0.101. The van der Waals surface area contributed by atoms with Gasteiger partial charge in [-0.25, -0.2) is 0 Å². The summed E-state index contributed by atoms with van der Waals surface area (Å²) in [5, 5.41) is 3.21. The normalized spacial score (nSPS) is 14.2. The fraction of sp³-hybridized carbons (Fsp3) is 0.389. The van der Waals surface area contributed by atoms with Gasteiger partial charge in [-0.1, -0.05) is 17.7 Å². The van der Waals surface area contributed by atoms with E-state index < -0.39 is 0 Å². The molecule has 0 saturated heterocycles. The summed E-state index contributed by atoms with van der Waals surface area (Å²) in [7, 11) is 0. The summed E-state index contributed by atoms with van der Waals surface area (Å²) in [6.07, 6.45) is 2.48. The number of carbonyl (C=O) groups excluding carboxylic acids is 1. The minimum atomic E-state index is 0.163. The van der Waals surface area contributed by atoms with E-state index in [9.17, 15) is 4.79 Å². The Morgan fingerprint density at radius 2 is 1.86 bits per heavy atom. The molecule has 1 heterocycles. The number of rotatable bonds is 5. The highest BCUT2D eigenvalue weighted by atomic mass is 16.1. The third-order valence-electron chi connectivity index (χ3n) is 4.20. The van der Waals surface area contributed by atoms with Crippen molar-refractivity contribution in [1.29, 1.82) is 0 Å². The first-order valence-corrected chi connectivity index (χ1v) is 7.58. The molecule has 0 atom stereocenters. The Hall–Kier alpha value is -2.03. The Balaban J connectivity index is 1.71. The molecular weight excluding hydrogens is 260 g/mol. The minimum Gasteiger partial charge on any atom is -0.378 e. The van der Waals surface area contributed by atoms with E-state index in [0.29, 0.717) is 12.6 Å². The SMILES string of the molecule is Cc1ccc(NCC(=O)c2cc(C)n(C3CC3)c2C)cc1. The fourth-order valence-corrected chi connectivity index (χ4v) is 2.90. The maximum Gasteiger partial charge on any atom is 0.183 e. The molecule has 0 radical (unpaired) electrons. The van der Waals surface area contributed by atoms with Crippen LogP contribution < -0.4 is 5.32 Å². The van der Waals surface area contributed by atoms with Crippen LogP contribution in [0.2, 0.25) is 0 Å². The Bertz CT molecular complexity index is 663. The van der Waals surface area contributed by atoms with Gasteiger partial charge in [0.05, 0.1) is 6.54 Å². The number of nitrogens with zero attached hydrogens (tertiary/aromatic N) is 1. The van der Waals surface area contributed by atoms with Gasteiger partial charge in [0.2, 0.25) is 0 Å². The van der Waals surface area contributed by atoms with Crippen LogP contribution in [0.15, 0.2) is 30.3 Å². The molecule has 3 heteroatoms. The van der Waals surface area contributed by atoms with Gasteiger partial charge in [-0.2, -0.15) is 0 Å². The predicted octanol–water partition coefficient (Wildman–Crippen LogP) is 4.04. The molecular formula is C18H22N2O. The molecule has 1 aliphatic carbocycles. The molecule has 0 bridgehead atoms. The first kappa shape index (κ1) is 13.9. The van der Waals surface area contributed by atoms with Gasteiger partial charge in [-0.05, 0) is 51.8 Å².